The van der Waals surface area contributed by atoms with Crippen LogP contribution < -0.4 is 5.32 Å². The Kier molecular flexibility index (Phi) is 5.93. The molecule has 1 aliphatic heterocycles. The molecule has 1 aromatic carbocycles. The third-order valence-corrected chi connectivity index (χ3v) is 4.47. The molecular weight excluding hydrogens is 362 g/mol. The van der Waals surface area contributed by atoms with Crippen molar-refractivity contribution in [3.8, 4) is 0 Å². The zero-order valence-corrected chi connectivity index (χ0v) is 15.9. The topological polar surface area (TPSA) is 96.8 Å². The van der Waals surface area contributed by atoms with E-state index in [4.69, 9.17) is 4.74 Å². The van der Waals surface area contributed by atoms with E-state index in [2.05, 4.69) is 10.4 Å². The van der Waals surface area contributed by atoms with Crippen molar-refractivity contribution < 1.29 is 19.1 Å². The Morgan fingerprint density at radius 1 is 1.07 bits per heavy atom. The van der Waals surface area contributed by atoms with Crippen molar-refractivity contribution in [1.29, 1.82) is 0 Å². The molecule has 0 bridgehead atoms. The van der Waals surface area contributed by atoms with Gasteiger partial charge in [0.2, 0.25) is 0 Å². The highest BCUT2D eigenvalue weighted by molar-refractivity contribution is 6.04. The molecule has 1 aromatic heterocycles. The summed E-state index contributed by atoms with van der Waals surface area (Å²) in [6.45, 7) is 3.71. The number of amides is 3. The molecule has 2 aromatic rings. The van der Waals surface area contributed by atoms with Gasteiger partial charge in [0.1, 0.15) is 5.82 Å². The second-order valence-electron chi connectivity index (χ2n) is 6.34. The van der Waals surface area contributed by atoms with E-state index < -0.39 is 0 Å². The van der Waals surface area contributed by atoms with Crippen LogP contribution >= 0.6 is 0 Å². The Labute approximate surface area is 162 Å². The van der Waals surface area contributed by atoms with Gasteiger partial charge in [0.05, 0.1) is 6.61 Å². The van der Waals surface area contributed by atoms with Crippen LogP contribution in [0.5, 0.6) is 0 Å². The number of ether oxygens (including phenoxy) is 1. The summed E-state index contributed by atoms with van der Waals surface area (Å²) in [6, 6.07) is 10.4. The average molecular weight is 385 g/mol. The first-order valence-corrected chi connectivity index (χ1v) is 9.11. The lowest BCUT2D eigenvalue weighted by molar-refractivity contribution is 0.0565. The van der Waals surface area contributed by atoms with Crippen molar-refractivity contribution in [2.24, 2.45) is 7.05 Å². The largest absolute Gasteiger partial charge is 0.450 e. The molecule has 148 valence electrons. The SMILES string of the molecule is CCOC(=O)N1CCN(C(=O)c2cc(NC(=O)c3ccccc3)n(C)n2)CC1. The van der Waals surface area contributed by atoms with Crippen molar-refractivity contribution in [2.45, 2.75) is 6.92 Å². The van der Waals surface area contributed by atoms with Gasteiger partial charge < -0.3 is 19.9 Å². The molecule has 28 heavy (non-hydrogen) atoms. The van der Waals surface area contributed by atoms with E-state index >= 15 is 0 Å². The second-order valence-corrected chi connectivity index (χ2v) is 6.34. The molecule has 3 rings (SSSR count). The molecule has 9 heteroatoms. The number of anilines is 1. The van der Waals surface area contributed by atoms with Crippen molar-refractivity contribution in [1.82, 2.24) is 19.6 Å². The molecule has 1 aliphatic rings. The highest BCUT2D eigenvalue weighted by Crippen LogP contribution is 2.14. The maximum atomic E-state index is 12.7. The molecule has 0 aliphatic carbocycles. The first-order chi connectivity index (χ1) is 13.5. The number of nitrogens with one attached hydrogen (secondary N) is 1. The summed E-state index contributed by atoms with van der Waals surface area (Å²) in [7, 11) is 1.66. The van der Waals surface area contributed by atoms with Gasteiger partial charge in [-0.2, -0.15) is 5.10 Å². The van der Waals surface area contributed by atoms with Gasteiger partial charge in [-0.3, -0.25) is 14.3 Å². The van der Waals surface area contributed by atoms with E-state index in [-0.39, 0.29) is 23.6 Å². The van der Waals surface area contributed by atoms with Gasteiger partial charge in [0.25, 0.3) is 11.8 Å². The number of aryl methyl sites for hydroxylation is 1. The summed E-state index contributed by atoms with van der Waals surface area (Å²) in [6.07, 6.45) is -0.363. The molecule has 0 saturated carbocycles. The fraction of sp³-hybridized carbons (Fsp3) is 0.368. The van der Waals surface area contributed by atoms with Gasteiger partial charge in [-0.05, 0) is 19.1 Å². The summed E-state index contributed by atoms with van der Waals surface area (Å²) >= 11 is 0. The quantitative estimate of drug-likeness (QED) is 0.862. The summed E-state index contributed by atoms with van der Waals surface area (Å²) in [5, 5.41) is 6.98. The number of hydrogen-bond donors (Lipinski definition) is 1. The van der Waals surface area contributed by atoms with Gasteiger partial charge in [0.15, 0.2) is 5.69 Å². The number of rotatable bonds is 4. The van der Waals surface area contributed by atoms with Crippen LogP contribution in [0.15, 0.2) is 36.4 Å². The highest BCUT2D eigenvalue weighted by atomic mass is 16.6. The van der Waals surface area contributed by atoms with Gasteiger partial charge in [-0.1, -0.05) is 18.2 Å². The minimum absolute atomic E-state index is 0.237. The summed E-state index contributed by atoms with van der Waals surface area (Å²) in [5.74, 6) is -0.0765. The number of carbonyl (C=O) groups excluding carboxylic acids is 3. The standard InChI is InChI=1S/C19H23N5O4/c1-3-28-19(27)24-11-9-23(10-12-24)18(26)15-13-16(22(2)21-15)20-17(25)14-7-5-4-6-8-14/h4-8,13H,3,9-12H2,1-2H3,(H,20,25). The fourth-order valence-electron chi connectivity index (χ4n) is 2.94. The first kappa shape index (κ1) is 19.4. The molecular formula is C19H23N5O4. The maximum absolute atomic E-state index is 12.7. The molecule has 2 heterocycles. The minimum atomic E-state index is -0.363. The van der Waals surface area contributed by atoms with E-state index in [0.29, 0.717) is 44.2 Å². The van der Waals surface area contributed by atoms with Crippen LogP contribution in [-0.2, 0) is 11.8 Å². The van der Waals surface area contributed by atoms with Crippen LogP contribution in [0, 0.1) is 0 Å². The van der Waals surface area contributed by atoms with Gasteiger partial charge in [0, 0.05) is 44.9 Å². The fourth-order valence-corrected chi connectivity index (χ4v) is 2.94. The predicted octanol–water partition coefficient (Wildman–Crippen LogP) is 1.59. The third kappa shape index (κ3) is 4.30. The second kappa shape index (κ2) is 8.55. The summed E-state index contributed by atoms with van der Waals surface area (Å²) in [4.78, 5) is 40.0. The number of benzene rings is 1. The molecule has 3 amide bonds. The Balaban J connectivity index is 1.62. The predicted molar refractivity (Wildman–Crippen MR) is 102 cm³/mol. The molecule has 1 saturated heterocycles. The Morgan fingerprint density at radius 3 is 2.36 bits per heavy atom. The molecule has 1 N–H and O–H groups in total. The number of carbonyl (C=O) groups is 3. The zero-order chi connectivity index (χ0) is 20.1. The maximum Gasteiger partial charge on any atom is 0.409 e. The molecule has 0 spiro atoms. The summed E-state index contributed by atoms with van der Waals surface area (Å²) < 4.78 is 6.44. The minimum Gasteiger partial charge on any atom is -0.450 e. The highest BCUT2D eigenvalue weighted by Gasteiger charge is 2.27. The van der Waals surface area contributed by atoms with E-state index in [0.717, 1.165) is 0 Å². The third-order valence-electron chi connectivity index (χ3n) is 4.47. The van der Waals surface area contributed by atoms with E-state index in [1.54, 1.807) is 54.1 Å². The van der Waals surface area contributed by atoms with Crippen LogP contribution in [-0.4, -0.2) is 70.3 Å². The lowest BCUT2D eigenvalue weighted by atomic mass is 10.2. The molecule has 0 atom stereocenters. The Hall–Kier alpha value is -3.36. The monoisotopic (exact) mass is 385 g/mol. The van der Waals surface area contributed by atoms with Crippen molar-refractivity contribution >= 4 is 23.7 Å². The molecule has 9 nitrogen and oxygen atoms in total. The molecule has 1 fully saturated rings. The smallest absolute Gasteiger partial charge is 0.409 e. The summed E-state index contributed by atoms with van der Waals surface area (Å²) in [5.41, 5.74) is 0.766. The lowest BCUT2D eigenvalue weighted by Crippen LogP contribution is -2.50. The number of piperazine rings is 1. The van der Waals surface area contributed by atoms with Crippen LogP contribution in [0.3, 0.4) is 0 Å². The van der Waals surface area contributed by atoms with E-state index in [1.165, 1.54) is 4.68 Å². The van der Waals surface area contributed by atoms with Gasteiger partial charge in [-0.15, -0.1) is 0 Å². The normalized spacial score (nSPS) is 13.9. The van der Waals surface area contributed by atoms with Crippen LogP contribution in [0.1, 0.15) is 27.8 Å². The molecule has 0 radical (unpaired) electrons. The van der Waals surface area contributed by atoms with Crippen molar-refractivity contribution in [3.63, 3.8) is 0 Å². The molecule has 0 unspecified atom stereocenters. The van der Waals surface area contributed by atoms with Crippen LogP contribution in [0.2, 0.25) is 0 Å². The van der Waals surface area contributed by atoms with E-state index in [1.807, 2.05) is 6.07 Å². The number of aromatic nitrogens is 2. The Morgan fingerprint density at radius 2 is 1.71 bits per heavy atom. The average Bonchev–Trinajstić information content (AvgIpc) is 3.08. The van der Waals surface area contributed by atoms with E-state index in [9.17, 15) is 14.4 Å². The Bertz CT molecular complexity index is 856. The van der Waals surface area contributed by atoms with Crippen LogP contribution in [0.25, 0.3) is 0 Å². The van der Waals surface area contributed by atoms with Crippen LogP contribution in [0.4, 0.5) is 10.6 Å². The van der Waals surface area contributed by atoms with Gasteiger partial charge >= 0.3 is 6.09 Å². The zero-order valence-electron chi connectivity index (χ0n) is 15.9. The van der Waals surface area contributed by atoms with Crippen molar-refractivity contribution in [3.05, 3.63) is 47.7 Å². The number of nitrogens with zero attached hydrogens (tertiary/aromatic N) is 4. The first-order valence-electron chi connectivity index (χ1n) is 9.11. The van der Waals surface area contributed by atoms with Gasteiger partial charge in [-0.25, -0.2) is 4.79 Å². The number of hydrogen-bond acceptors (Lipinski definition) is 5. The van der Waals surface area contributed by atoms with Crippen molar-refractivity contribution in [2.75, 3.05) is 38.1 Å². The lowest BCUT2D eigenvalue weighted by Gasteiger charge is -2.33.